The molecule has 14 nitrogen and oxygen atoms in total. The largest absolute Gasteiger partial charge is 0.412 e. The van der Waals surface area contributed by atoms with Gasteiger partial charge in [0.25, 0.3) is 10.2 Å². The number of hydrogen-bond acceptors (Lipinski definition) is 4. The predicted molar refractivity (Wildman–Crippen MR) is 39.2 cm³/mol. The van der Waals surface area contributed by atoms with E-state index in [1.165, 1.54) is 0 Å². The van der Waals surface area contributed by atoms with Crippen LogP contribution >= 0.6 is 0 Å². The molecular weight excluding hydrogens is 220 g/mol. The molecule has 0 atom stereocenters. The third kappa shape index (κ3) is 252. The van der Waals surface area contributed by atoms with Gasteiger partial charge in [0.2, 0.25) is 0 Å². The number of hydrogen-bond donors (Lipinski definition) is 2. The van der Waals surface area contributed by atoms with Crippen molar-refractivity contribution in [1.82, 2.24) is 0 Å². The molecular formula is H14N2O12. The van der Waals surface area contributed by atoms with Crippen molar-refractivity contribution in [3.05, 3.63) is 20.2 Å². The zero-order valence-corrected chi connectivity index (χ0v) is 6.42. The Hall–Kier alpha value is -1.84. The fourth-order valence-corrected chi connectivity index (χ4v) is 0. The van der Waals surface area contributed by atoms with Crippen molar-refractivity contribution >= 4 is 0 Å². The monoisotopic (exact) mass is 234 g/mol. The van der Waals surface area contributed by atoms with Crippen molar-refractivity contribution in [3.63, 3.8) is 0 Å². The average Bonchev–Trinajstić information content (AvgIpc) is 1.25. The first kappa shape index (κ1) is 87.5. The lowest BCUT2D eigenvalue weighted by Gasteiger charge is -1.56. The van der Waals surface area contributed by atoms with Gasteiger partial charge in [-0.3, -0.25) is 0 Å². The van der Waals surface area contributed by atoms with Crippen molar-refractivity contribution in [2.24, 2.45) is 0 Å². The summed E-state index contributed by atoms with van der Waals surface area (Å²) in [5.74, 6) is 0. The smallest absolute Gasteiger partial charge is 0.291 e. The van der Waals surface area contributed by atoms with Gasteiger partial charge in [0.15, 0.2) is 0 Å². The molecule has 0 saturated heterocycles. The molecule has 0 heterocycles. The zero-order chi connectivity index (χ0) is 7.15. The lowest BCUT2D eigenvalue weighted by Crippen LogP contribution is -1.81. The van der Waals surface area contributed by atoms with Crippen LogP contribution in [0.4, 0.5) is 0 Å². The molecule has 0 aromatic heterocycles. The molecule has 0 aromatic rings. The summed E-state index contributed by atoms with van der Waals surface area (Å²) in [6, 6.07) is 0. The minimum Gasteiger partial charge on any atom is -0.412 e. The molecule has 0 spiro atoms. The Morgan fingerprint density at radius 3 is 0.643 bits per heavy atom. The standard InChI is InChI=1S/2HNO3.6H2O/c2*2-1(3)4;;;;;;/h2*(H,2,3,4);6*1H2. The molecule has 0 unspecified atom stereocenters. The topological polar surface area (TPSA) is 316 Å². The van der Waals surface area contributed by atoms with Gasteiger partial charge in [-0.15, -0.1) is 20.2 Å². The minimum absolute atomic E-state index is 0. The van der Waals surface area contributed by atoms with Crippen molar-refractivity contribution in [1.29, 1.82) is 0 Å². The first-order valence-electron chi connectivity index (χ1n) is 1.13. The molecule has 14 heteroatoms. The highest BCUT2D eigenvalue weighted by atomic mass is 16.9. The van der Waals surface area contributed by atoms with Gasteiger partial charge in [0, 0.05) is 0 Å². The molecule has 0 amide bonds. The summed E-state index contributed by atoms with van der Waals surface area (Å²) in [6.07, 6.45) is 0. The average molecular weight is 234 g/mol. The van der Waals surface area contributed by atoms with E-state index in [1.807, 2.05) is 0 Å². The summed E-state index contributed by atoms with van der Waals surface area (Å²) in [4.78, 5) is 16.7. The second-order valence-corrected chi connectivity index (χ2v) is 0.476. The maximum atomic E-state index is 8.36. The predicted octanol–water partition coefficient (Wildman–Crippen LogP) is -5.64. The van der Waals surface area contributed by atoms with E-state index in [-0.39, 0.29) is 32.9 Å². The molecule has 0 fully saturated rings. The summed E-state index contributed by atoms with van der Waals surface area (Å²) < 4.78 is 0. The van der Waals surface area contributed by atoms with Gasteiger partial charge >= 0.3 is 0 Å². The molecule has 0 aliphatic rings. The van der Waals surface area contributed by atoms with Crippen LogP contribution in [0.15, 0.2) is 0 Å². The molecule has 0 bridgehead atoms. The fraction of sp³-hybridized carbons (Fsp3) is 0. The van der Waals surface area contributed by atoms with Crippen LogP contribution in [0.5, 0.6) is 0 Å². The van der Waals surface area contributed by atoms with Gasteiger partial charge in [-0.1, -0.05) is 0 Å². The van der Waals surface area contributed by atoms with Gasteiger partial charge in [0.05, 0.1) is 0 Å². The first-order valence-corrected chi connectivity index (χ1v) is 1.13. The van der Waals surface area contributed by atoms with Crippen LogP contribution in [0.3, 0.4) is 0 Å². The molecule has 0 aromatic carbocycles. The van der Waals surface area contributed by atoms with Crippen LogP contribution in [0.1, 0.15) is 0 Å². The number of rotatable bonds is 0. The first-order chi connectivity index (χ1) is 3.46. The van der Waals surface area contributed by atoms with Crippen LogP contribution in [-0.2, 0) is 0 Å². The lowest BCUT2D eigenvalue weighted by atomic mass is 13.1. The lowest BCUT2D eigenvalue weighted by molar-refractivity contribution is -0.742. The maximum absolute atomic E-state index is 8.36. The highest BCUT2D eigenvalue weighted by molar-refractivity contribution is 3.83. The molecule has 96 valence electrons. The van der Waals surface area contributed by atoms with E-state index in [1.54, 1.807) is 0 Å². The van der Waals surface area contributed by atoms with Crippen molar-refractivity contribution in [2.45, 2.75) is 0 Å². The van der Waals surface area contributed by atoms with Crippen LogP contribution in [-0.4, -0.2) is 53.4 Å². The summed E-state index contributed by atoms with van der Waals surface area (Å²) >= 11 is 0. The van der Waals surface area contributed by atoms with Crippen LogP contribution in [0.2, 0.25) is 0 Å². The molecule has 0 rings (SSSR count). The fourth-order valence-electron chi connectivity index (χ4n) is 0. The van der Waals surface area contributed by atoms with E-state index in [4.69, 9.17) is 30.6 Å². The number of nitrogens with zero attached hydrogens (tertiary/aromatic N) is 2. The second-order valence-electron chi connectivity index (χ2n) is 0.476. The summed E-state index contributed by atoms with van der Waals surface area (Å²) in [5.41, 5.74) is 0. The van der Waals surface area contributed by atoms with Crippen molar-refractivity contribution < 1.29 is 53.4 Å². The van der Waals surface area contributed by atoms with E-state index < -0.39 is 10.2 Å². The summed E-state index contributed by atoms with van der Waals surface area (Å²) in [7, 11) is 0. The van der Waals surface area contributed by atoms with Gasteiger partial charge < -0.3 is 43.3 Å². The Morgan fingerprint density at radius 2 is 0.643 bits per heavy atom. The van der Waals surface area contributed by atoms with Gasteiger partial charge in [0.1, 0.15) is 0 Å². The highest BCUT2D eigenvalue weighted by Gasteiger charge is 1.65. The zero-order valence-electron chi connectivity index (χ0n) is 6.42. The Morgan fingerprint density at radius 1 is 0.643 bits per heavy atom. The Kier molecular flexibility index (Phi) is 416. The van der Waals surface area contributed by atoms with Crippen molar-refractivity contribution in [3.8, 4) is 0 Å². The Bertz CT molecular complexity index is 66.3. The van der Waals surface area contributed by atoms with E-state index >= 15 is 0 Å². The van der Waals surface area contributed by atoms with E-state index in [2.05, 4.69) is 0 Å². The summed E-state index contributed by atoms with van der Waals surface area (Å²) in [5, 5.41) is 27.3. The molecule has 0 aliphatic carbocycles. The third-order valence-corrected chi connectivity index (χ3v) is 0. The van der Waals surface area contributed by atoms with Gasteiger partial charge in [-0.05, 0) is 0 Å². The van der Waals surface area contributed by atoms with Crippen LogP contribution < -0.4 is 0 Å². The quantitative estimate of drug-likeness (QED) is 0.303. The Labute approximate surface area is 75.1 Å². The van der Waals surface area contributed by atoms with E-state index in [0.29, 0.717) is 0 Å². The van der Waals surface area contributed by atoms with Gasteiger partial charge in [-0.2, -0.15) is 0 Å². The van der Waals surface area contributed by atoms with E-state index in [0.717, 1.165) is 0 Å². The minimum atomic E-state index is -1.50. The summed E-state index contributed by atoms with van der Waals surface area (Å²) in [6.45, 7) is 0. The third-order valence-electron chi connectivity index (χ3n) is 0. The Balaban J connectivity index is -0.00000000600. The molecule has 14 N–H and O–H groups in total. The van der Waals surface area contributed by atoms with E-state index in [9.17, 15) is 0 Å². The second kappa shape index (κ2) is 66.6. The van der Waals surface area contributed by atoms with Crippen molar-refractivity contribution in [2.75, 3.05) is 0 Å². The molecule has 0 saturated carbocycles. The molecule has 14 heavy (non-hydrogen) atoms. The van der Waals surface area contributed by atoms with Gasteiger partial charge in [-0.25, -0.2) is 0 Å². The van der Waals surface area contributed by atoms with Crippen LogP contribution in [0.25, 0.3) is 0 Å². The highest BCUT2D eigenvalue weighted by Crippen LogP contribution is 1.38. The normalized spacial score (nSPS) is 3.43. The SMILES string of the molecule is O.O.O.O.O.O.O=[N+]([O-])O.O=[N+]([O-])O. The molecule has 0 aliphatic heterocycles. The maximum Gasteiger partial charge on any atom is 0.291 e. The van der Waals surface area contributed by atoms with Crippen LogP contribution in [0, 0.1) is 20.2 Å². The molecule has 0 radical (unpaired) electrons.